The van der Waals surface area contributed by atoms with Gasteiger partial charge in [-0.1, -0.05) is 23.4 Å². The Morgan fingerprint density at radius 3 is 2.12 bits per heavy atom. The Kier molecular flexibility index (Phi) is 8.19. The van der Waals surface area contributed by atoms with Crippen LogP contribution in [0.5, 0.6) is 0 Å². The number of hydrogen-bond acceptors (Lipinski definition) is 7. The number of rotatable bonds is 6. The molecular formula is C21H25ClN3O5PS2. The van der Waals surface area contributed by atoms with Crippen LogP contribution in [0.2, 0.25) is 5.02 Å². The van der Waals surface area contributed by atoms with E-state index in [4.69, 9.17) is 37.6 Å². The summed E-state index contributed by atoms with van der Waals surface area (Å²) in [5.41, 5.74) is 0.462. The van der Waals surface area contributed by atoms with Crippen molar-refractivity contribution in [2.24, 2.45) is 0 Å². The van der Waals surface area contributed by atoms with Gasteiger partial charge in [-0.3, -0.25) is 14.1 Å². The number of morpholine rings is 2. The summed E-state index contributed by atoms with van der Waals surface area (Å²) in [6.07, 6.45) is -2.54. The Morgan fingerprint density at radius 2 is 1.61 bits per heavy atom. The molecule has 0 saturated carbocycles. The predicted molar refractivity (Wildman–Crippen MR) is 134 cm³/mol. The van der Waals surface area contributed by atoms with E-state index in [1.54, 1.807) is 30.3 Å². The topological polar surface area (TPSA) is 80.3 Å². The molecule has 2 saturated heterocycles. The van der Waals surface area contributed by atoms with E-state index in [-0.39, 0.29) is 5.91 Å². The first-order valence-electron chi connectivity index (χ1n) is 10.5. The maximum Gasteiger partial charge on any atom is 0.348 e. The van der Waals surface area contributed by atoms with Crippen molar-refractivity contribution in [3.63, 3.8) is 0 Å². The van der Waals surface area contributed by atoms with Crippen molar-refractivity contribution in [2.45, 2.75) is 0 Å². The molecule has 0 radical (unpaired) electrons. The van der Waals surface area contributed by atoms with Crippen LogP contribution in [0.1, 0.15) is 20.0 Å². The van der Waals surface area contributed by atoms with Crippen LogP contribution in [0.4, 0.5) is 5.00 Å². The maximum atomic E-state index is 13.1. The van der Waals surface area contributed by atoms with Crippen molar-refractivity contribution in [1.29, 1.82) is 0 Å². The molecule has 0 spiro atoms. The van der Waals surface area contributed by atoms with E-state index in [0.29, 0.717) is 73.1 Å². The molecule has 3 heterocycles. The van der Waals surface area contributed by atoms with Gasteiger partial charge in [0.1, 0.15) is 16.2 Å². The monoisotopic (exact) mass is 529 g/mol. The van der Waals surface area contributed by atoms with E-state index in [1.807, 2.05) is 0 Å². The molecule has 0 unspecified atom stereocenters. The van der Waals surface area contributed by atoms with Crippen LogP contribution in [-0.4, -0.2) is 80.9 Å². The number of methoxy groups -OCH3 is 1. The Hall–Kier alpha value is -1.36. The molecule has 2 fully saturated rings. The van der Waals surface area contributed by atoms with Gasteiger partial charge in [0.25, 0.3) is 5.91 Å². The Balaban J connectivity index is 1.77. The van der Waals surface area contributed by atoms with Crippen molar-refractivity contribution >= 4 is 63.3 Å². The molecule has 33 heavy (non-hydrogen) atoms. The molecule has 0 atom stereocenters. The molecule has 1 amide bonds. The summed E-state index contributed by atoms with van der Waals surface area (Å²) in [4.78, 5) is 25.9. The number of amides is 1. The van der Waals surface area contributed by atoms with Crippen LogP contribution in [0.25, 0.3) is 0 Å². The largest absolute Gasteiger partial charge is 0.465 e. The lowest BCUT2D eigenvalue weighted by Crippen LogP contribution is -2.46. The van der Waals surface area contributed by atoms with Crippen molar-refractivity contribution < 1.29 is 23.8 Å². The number of ether oxygens (including phenoxy) is 3. The second kappa shape index (κ2) is 10.9. The average molecular weight is 530 g/mol. The normalized spacial score (nSPS) is 18.1. The first-order valence-corrected chi connectivity index (χ1v) is 14.4. The van der Waals surface area contributed by atoms with E-state index >= 15 is 0 Å². The third-order valence-electron chi connectivity index (χ3n) is 5.49. The molecule has 2 aromatic rings. The number of carbonyl (C=O) groups is 2. The minimum atomic E-state index is -2.54. The fourth-order valence-electron chi connectivity index (χ4n) is 3.80. The van der Waals surface area contributed by atoms with Gasteiger partial charge < -0.3 is 19.5 Å². The zero-order chi connectivity index (χ0) is 23.4. The number of halogens is 1. The summed E-state index contributed by atoms with van der Waals surface area (Å²) in [7, 11) is 1.34. The molecule has 1 aromatic carbocycles. The number of thiophene rings is 1. The van der Waals surface area contributed by atoms with E-state index in [0.717, 1.165) is 5.30 Å². The second-order valence-electron chi connectivity index (χ2n) is 7.45. The summed E-state index contributed by atoms with van der Waals surface area (Å²) in [6, 6.07) is 8.44. The zero-order valence-electron chi connectivity index (χ0n) is 18.1. The molecule has 2 aliphatic rings. The van der Waals surface area contributed by atoms with Gasteiger partial charge in [-0.25, -0.2) is 4.79 Å². The number of nitrogens with zero attached hydrogens (tertiary/aromatic N) is 2. The highest BCUT2D eigenvalue weighted by Crippen LogP contribution is 2.56. The third-order valence-corrected chi connectivity index (χ3v) is 12.2. The number of anilines is 1. The summed E-state index contributed by atoms with van der Waals surface area (Å²) < 4.78 is 20.7. The van der Waals surface area contributed by atoms with E-state index in [9.17, 15) is 9.59 Å². The van der Waals surface area contributed by atoms with Gasteiger partial charge in [-0.2, -0.15) is 0 Å². The zero-order valence-corrected chi connectivity index (χ0v) is 21.4. The summed E-state index contributed by atoms with van der Waals surface area (Å²) in [5.74, 6) is -0.754. The number of benzene rings is 1. The fraction of sp³-hybridized carbons (Fsp3) is 0.429. The van der Waals surface area contributed by atoms with Crippen LogP contribution < -0.4 is 10.6 Å². The minimum absolute atomic E-state index is 0.295. The molecule has 1 N–H and O–H groups in total. The van der Waals surface area contributed by atoms with Crippen LogP contribution in [0.3, 0.4) is 0 Å². The molecule has 4 rings (SSSR count). The Bertz CT molecular complexity index is 1030. The van der Waals surface area contributed by atoms with Crippen molar-refractivity contribution in [2.75, 3.05) is 65.0 Å². The van der Waals surface area contributed by atoms with Crippen LogP contribution in [0, 0.1) is 0 Å². The quantitative estimate of drug-likeness (QED) is 0.452. The molecule has 0 aliphatic carbocycles. The predicted octanol–water partition coefficient (Wildman–Crippen LogP) is 3.04. The van der Waals surface area contributed by atoms with Crippen molar-refractivity contribution in [3.05, 3.63) is 45.8 Å². The lowest BCUT2D eigenvalue weighted by molar-refractivity contribution is 0.0588. The van der Waals surface area contributed by atoms with Crippen molar-refractivity contribution in [1.82, 2.24) is 9.34 Å². The first kappa shape index (κ1) is 24.8. The fourth-order valence-corrected chi connectivity index (χ4v) is 9.98. The number of esters is 1. The van der Waals surface area contributed by atoms with E-state index < -0.39 is 12.3 Å². The van der Waals surface area contributed by atoms with Gasteiger partial charge in [-0.15, -0.1) is 11.3 Å². The molecular weight excluding hydrogens is 505 g/mol. The van der Waals surface area contributed by atoms with Gasteiger partial charge in [0, 0.05) is 42.1 Å². The SMILES string of the molecule is COC(=O)c1cc(P(=S)(N2CCOCC2)N2CCOCC2)c(NC(=O)c2ccc(Cl)cc2)s1. The van der Waals surface area contributed by atoms with E-state index in [2.05, 4.69) is 14.7 Å². The number of carbonyl (C=O) groups excluding carboxylic acids is 2. The lowest BCUT2D eigenvalue weighted by atomic mass is 10.2. The third kappa shape index (κ3) is 5.33. The summed E-state index contributed by atoms with van der Waals surface area (Å²) in [5, 5.41) is 4.90. The molecule has 0 bridgehead atoms. The highest BCUT2D eigenvalue weighted by molar-refractivity contribution is 8.16. The van der Waals surface area contributed by atoms with Crippen LogP contribution in [0.15, 0.2) is 30.3 Å². The maximum absolute atomic E-state index is 13.1. The van der Waals surface area contributed by atoms with Crippen LogP contribution >= 0.6 is 29.3 Å². The Morgan fingerprint density at radius 1 is 1.06 bits per heavy atom. The molecule has 1 aromatic heterocycles. The van der Waals surface area contributed by atoms with Crippen LogP contribution in [-0.2, 0) is 26.0 Å². The smallest absolute Gasteiger partial charge is 0.348 e. The van der Waals surface area contributed by atoms with E-state index in [1.165, 1.54) is 18.4 Å². The standard InChI is InChI=1S/C21H25ClN3O5PS2/c1-28-21(27)18-14-17(20(33-18)23-19(26)15-2-4-16(22)5-3-15)31(32,24-6-10-29-11-7-24)25-8-12-30-13-9-25/h2-5,14H,6-13H2,1H3,(H,23,26). The van der Waals surface area contributed by atoms with Gasteiger partial charge in [0.05, 0.1) is 33.5 Å². The summed E-state index contributed by atoms with van der Waals surface area (Å²) in [6.45, 7) is 5.08. The molecule has 12 heteroatoms. The number of nitrogens with one attached hydrogen (secondary N) is 1. The highest BCUT2D eigenvalue weighted by atomic mass is 35.5. The second-order valence-corrected chi connectivity index (χ2v) is 13.2. The van der Waals surface area contributed by atoms with Crippen molar-refractivity contribution in [3.8, 4) is 0 Å². The molecule has 8 nitrogen and oxygen atoms in total. The molecule has 178 valence electrons. The molecule has 2 aliphatic heterocycles. The highest BCUT2D eigenvalue weighted by Gasteiger charge is 2.39. The van der Waals surface area contributed by atoms with Gasteiger partial charge in [0.15, 0.2) is 0 Å². The van der Waals surface area contributed by atoms with Gasteiger partial charge in [-0.05, 0) is 30.3 Å². The van der Waals surface area contributed by atoms with Gasteiger partial charge >= 0.3 is 5.97 Å². The lowest BCUT2D eigenvalue weighted by Gasteiger charge is -2.45. The minimum Gasteiger partial charge on any atom is -0.465 e. The first-order chi connectivity index (χ1) is 15.9. The number of hydrogen-bond donors (Lipinski definition) is 1. The summed E-state index contributed by atoms with van der Waals surface area (Å²) >= 11 is 13.6. The average Bonchev–Trinajstić information content (AvgIpc) is 3.28. The Labute approximate surface area is 206 Å². The van der Waals surface area contributed by atoms with Gasteiger partial charge in [0.2, 0.25) is 0 Å².